The molecule has 0 unspecified atom stereocenters. The summed E-state index contributed by atoms with van der Waals surface area (Å²) in [4.78, 5) is 12.3. The van der Waals surface area contributed by atoms with Crippen LogP contribution in [0.3, 0.4) is 0 Å². The van der Waals surface area contributed by atoms with Crippen LogP contribution in [0.1, 0.15) is 16.9 Å². The van der Waals surface area contributed by atoms with Gasteiger partial charge in [-0.15, -0.1) is 0 Å². The minimum absolute atomic E-state index is 0.0339. The van der Waals surface area contributed by atoms with Gasteiger partial charge in [-0.3, -0.25) is 4.79 Å². The smallest absolute Gasteiger partial charge is 0.262 e. The lowest BCUT2D eigenvalue weighted by Gasteiger charge is -2.12. The summed E-state index contributed by atoms with van der Waals surface area (Å²) in [5, 5.41) is 12.6. The summed E-state index contributed by atoms with van der Waals surface area (Å²) in [6.45, 7) is 0.479. The van der Waals surface area contributed by atoms with Crippen LogP contribution in [-0.4, -0.2) is 13.0 Å². The van der Waals surface area contributed by atoms with Gasteiger partial charge in [0, 0.05) is 10.6 Å². The molecule has 0 aliphatic rings. The van der Waals surface area contributed by atoms with E-state index in [9.17, 15) is 10.1 Å². The first-order valence-corrected chi connectivity index (χ1v) is 9.45. The van der Waals surface area contributed by atoms with Gasteiger partial charge in [0.15, 0.2) is 11.5 Å². The van der Waals surface area contributed by atoms with Crippen LogP contribution in [0.2, 0.25) is 5.02 Å². The van der Waals surface area contributed by atoms with Crippen LogP contribution in [0, 0.1) is 11.3 Å². The summed E-state index contributed by atoms with van der Waals surface area (Å²) in [7, 11) is 1.52. The van der Waals surface area contributed by atoms with Crippen LogP contribution >= 0.6 is 11.6 Å². The number of hydrogen-bond acceptors (Lipinski definition) is 5. The Balaban J connectivity index is 1.71. The number of rotatable bonds is 8. The number of amides is 1. The highest BCUT2D eigenvalue weighted by Crippen LogP contribution is 2.30. The Morgan fingerprint density at radius 1 is 1.20 bits per heavy atom. The van der Waals surface area contributed by atoms with Gasteiger partial charge in [-0.1, -0.05) is 35.9 Å². The van der Waals surface area contributed by atoms with E-state index in [-0.39, 0.29) is 18.7 Å². The van der Waals surface area contributed by atoms with Crippen molar-refractivity contribution in [1.82, 2.24) is 5.32 Å². The molecule has 0 fully saturated rings. The molecule has 0 radical (unpaired) electrons. The summed E-state index contributed by atoms with van der Waals surface area (Å²) in [5.74, 6) is 1.11. The minimum Gasteiger partial charge on any atom is -0.493 e. The van der Waals surface area contributed by atoms with Crippen LogP contribution in [0.15, 0.2) is 70.9 Å². The van der Waals surface area contributed by atoms with Gasteiger partial charge in [0.2, 0.25) is 0 Å². The van der Waals surface area contributed by atoms with Crippen molar-refractivity contribution in [2.24, 2.45) is 0 Å². The van der Waals surface area contributed by atoms with Crippen molar-refractivity contribution in [2.45, 2.75) is 13.2 Å². The molecule has 1 N–H and O–H groups in total. The van der Waals surface area contributed by atoms with Crippen molar-refractivity contribution in [3.63, 3.8) is 0 Å². The van der Waals surface area contributed by atoms with E-state index < -0.39 is 5.91 Å². The minimum atomic E-state index is -0.494. The maximum absolute atomic E-state index is 12.3. The molecule has 30 heavy (non-hydrogen) atoms. The highest BCUT2D eigenvalue weighted by molar-refractivity contribution is 6.31. The third kappa shape index (κ3) is 5.43. The van der Waals surface area contributed by atoms with Crippen molar-refractivity contribution in [3.05, 3.63) is 88.3 Å². The van der Waals surface area contributed by atoms with Gasteiger partial charge >= 0.3 is 0 Å². The molecule has 7 heteroatoms. The first-order chi connectivity index (χ1) is 14.6. The fourth-order valence-corrected chi connectivity index (χ4v) is 2.85. The van der Waals surface area contributed by atoms with Crippen molar-refractivity contribution in [1.29, 1.82) is 5.26 Å². The normalized spacial score (nSPS) is 10.9. The second-order valence-electron chi connectivity index (χ2n) is 6.22. The number of hydrogen-bond donors (Lipinski definition) is 1. The zero-order valence-corrected chi connectivity index (χ0v) is 17.0. The molecule has 6 nitrogen and oxygen atoms in total. The summed E-state index contributed by atoms with van der Waals surface area (Å²) < 4.78 is 16.4. The van der Waals surface area contributed by atoms with Gasteiger partial charge in [0.1, 0.15) is 24.0 Å². The van der Waals surface area contributed by atoms with Crippen LogP contribution in [0.25, 0.3) is 6.08 Å². The third-order valence-electron chi connectivity index (χ3n) is 4.21. The highest BCUT2D eigenvalue weighted by Gasteiger charge is 2.12. The fourth-order valence-electron chi connectivity index (χ4n) is 2.66. The van der Waals surface area contributed by atoms with E-state index in [1.165, 1.54) is 19.4 Å². The van der Waals surface area contributed by atoms with E-state index in [0.717, 1.165) is 5.56 Å². The monoisotopic (exact) mass is 422 g/mol. The van der Waals surface area contributed by atoms with E-state index >= 15 is 0 Å². The van der Waals surface area contributed by atoms with Gasteiger partial charge in [-0.25, -0.2) is 0 Å². The van der Waals surface area contributed by atoms with E-state index in [0.29, 0.717) is 27.8 Å². The van der Waals surface area contributed by atoms with Gasteiger partial charge in [0.25, 0.3) is 5.91 Å². The van der Waals surface area contributed by atoms with Crippen molar-refractivity contribution in [2.75, 3.05) is 7.11 Å². The number of methoxy groups -OCH3 is 1. The SMILES string of the molecule is COc1cc(/C=C(\C#N)C(=O)NCc2ccco2)ccc1OCc1ccccc1Cl. The molecular weight excluding hydrogens is 404 g/mol. The lowest BCUT2D eigenvalue weighted by atomic mass is 10.1. The lowest BCUT2D eigenvalue weighted by molar-refractivity contribution is -0.117. The molecule has 0 aliphatic carbocycles. The third-order valence-corrected chi connectivity index (χ3v) is 4.58. The summed E-state index contributed by atoms with van der Waals surface area (Å²) >= 11 is 6.16. The summed E-state index contributed by atoms with van der Waals surface area (Å²) in [6.07, 6.45) is 3.00. The molecule has 0 aliphatic heterocycles. The number of nitriles is 1. The Kier molecular flexibility index (Phi) is 7.14. The molecule has 1 heterocycles. The Morgan fingerprint density at radius 2 is 2.03 bits per heavy atom. The molecular formula is C23H19ClN2O4. The standard InChI is InChI=1S/C23H19ClN2O4/c1-28-22-12-16(8-9-21(22)30-15-17-5-2-3-7-20(17)24)11-18(13-25)23(27)26-14-19-6-4-10-29-19/h2-12H,14-15H2,1H3,(H,26,27)/b18-11+. The maximum atomic E-state index is 12.3. The molecule has 1 amide bonds. The molecule has 3 aromatic rings. The van der Waals surface area contributed by atoms with E-state index in [1.54, 1.807) is 36.4 Å². The van der Waals surface area contributed by atoms with E-state index in [4.69, 9.17) is 25.5 Å². The molecule has 152 valence electrons. The molecule has 0 saturated carbocycles. The van der Waals surface area contributed by atoms with Gasteiger partial charge in [-0.2, -0.15) is 5.26 Å². The van der Waals surface area contributed by atoms with Crippen molar-refractivity contribution in [3.8, 4) is 17.6 Å². The van der Waals surface area contributed by atoms with Crippen LogP contribution in [-0.2, 0) is 17.9 Å². The Labute approximate surface area is 179 Å². The molecule has 0 bridgehead atoms. The lowest BCUT2D eigenvalue weighted by Crippen LogP contribution is -2.23. The number of ether oxygens (including phenoxy) is 2. The summed E-state index contributed by atoms with van der Waals surface area (Å²) in [6, 6.07) is 17.9. The molecule has 1 aromatic heterocycles. The molecule has 0 saturated heterocycles. The Hall–Kier alpha value is -3.69. The number of carbonyl (C=O) groups is 1. The van der Waals surface area contributed by atoms with Crippen LogP contribution in [0.5, 0.6) is 11.5 Å². The fraction of sp³-hybridized carbons (Fsp3) is 0.130. The van der Waals surface area contributed by atoms with E-state index in [1.807, 2.05) is 24.3 Å². The highest BCUT2D eigenvalue weighted by atomic mass is 35.5. The number of benzene rings is 2. The van der Waals surface area contributed by atoms with Crippen LogP contribution < -0.4 is 14.8 Å². The van der Waals surface area contributed by atoms with E-state index in [2.05, 4.69) is 5.32 Å². The molecule has 3 rings (SSSR count). The number of nitrogens with zero attached hydrogens (tertiary/aromatic N) is 1. The predicted octanol–water partition coefficient (Wildman–Crippen LogP) is 4.74. The number of furan rings is 1. The zero-order chi connectivity index (χ0) is 21.3. The van der Waals surface area contributed by atoms with Gasteiger partial charge in [-0.05, 0) is 42.0 Å². The molecule has 0 spiro atoms. The summed E-state index contributed by atoms with van der Waals surface area (Å²) in [5.41, 5.74) is 1.44. The first kappa shape index (κ1) is 21.0. The largest absolute Gasteiger partial charge is 0.493 e. The Morgan fingerprint density at radius 3 is 2.73 bits per heavy atom. The average molecular weight is 423 g/mol. The Bertz CT molecular complexity index is 1080. The zero-order valence-electron chi connectivity index (χ0n) is 16.2. The number of halogens is 1. The quantitative estimate of drug-likeness (QED) is 0.418. The van der Waals surface area contributed by atoms with Crippen molar-refractivity contribution < 1.29 is 18.7 Å². The maximum Gasteiger partial charge on any atom is 0.262 e. The predicted molar refractivity (Wildman–Crippen MR) is 113 cm³/mol. The average Bonchev–Trinajstić information content (AvgIpc) is 3.29. The van der Waals surface area contributed by atoms with Gasteiger partial charge < -0.3 is 19.2 Å². The molecule has 2 aromatic carbocycles. The first-order valence-electron chi connectivity index (χ1n) is 9.07. The number of nitrogens with one attached hydrogen (secondary N) is 1. The second-order valence-corrected chi connectivity index (χ2v) is 6.63. The van der Waals surface area contributed by atoms with Crippen LogP contribution in [0.4, 0.5) is 0 Å². The number of carbonyl (C=O) groups excluding carboxylic acids is 1. The molecule has 0 atom stereocenters. The van der Waals surface area contributed by atoms with Gasteiger partial charge in [0.05, 0.1) is 19.9 Å². The second kappa shape index (κ2) is 10.2. The topological polar surface area (TPSA) is 84.5 Å². The van der Waals surface area contributed by atoms with Crippen molar-refractivity contribution >= 4 is 23.6 Å².